The third kappa shape index (κ3) is 1.21. The molecule has 5 N–H and O–H groups in total. The van der Waals surface area contributed by atoms with Crippen LogP contribution in [-0.4, -0.2) is 45.1 Å². The van der Waals surface area contributed by atoms with Crippen LogP contribution in [0.25, 0.3) is 0 Å². The van der Waals surface area contributed by atoms with E-state index in [0.717, 1.165) is 0 Å². The van der Waals surface area contributed by atoms with Crippen molar-refractivity contribution in [3.05, 3.63) is 11.5 Å². The van der Waals surface area contributed by atoms with Crippen LogP contribution in [0, 0.1) is 0 Å². The highest BCUT2D eigenvalue weighted by Crippen LogP contribution is 2.14. The lowest BCUT2D eigenvalue weighted by Gasteiger charge is -2.15. The number of carbonyl (C=O) groups is 1. The molecule has 1 aliphatic heterocycles. The molecule has 0 unspecified atom stereocenters. The Bertz CT molecular complexity index is 236. The van der Waals surface area contributed by atoms with Gasteiger partial charge in [-0.05, 0) is 0 Å². The van der Waals surface area contributed by atoms with E-state index in [9.17, 15) is 4.79 Å². The summed E-state index contributed by atoms with van der Waals surface area (Å²) in [7, 11) is 0. The zero-order chi connectivity index (χ0) is 9.30. The van der Waals surface area contributed by atoms with Crippen molar-refractivity contribution in [3.8, 4) is 0 Å². The minimum absolute atomic E-state index is 0.609. The first-order valence-corrected chi connectivity index (χ1v) is 3.29. The Morgan fingerprint density at radius 1 is 1.50 bits per heavy atom. The standard InChI is InChI=1S/C6H9NO5/c8-1-2(9)3-4(10)5(11)6(12)7-3/h2-3,8-11H,1H2,(H,7,12)/t2-,3-/m1/s1. The number of hydrogen-bond acceptors (Lipinski definition) is 5. The van der Waals surface area contributed by atoms with Gasteiger partial charge in [0.1, 0.15) is 12.1 Å². The Morgan fingerprint density at radius 2 is 2.08 bits per heavy atom. The van der Waals surface area contributed by atoms with Gasteiger partial charge in [-0.2, -0.15) is 0 Å². The highest BCUT2D eigenvalue weighted by atomic mass is 16.3. The molecule has 0 saturated heterocycles. The summed E-state index contributed by atoms with van der Waals surface area (Å²) in [4.78, 5) is 10.6. The van der Waals surface area contributed by atoms with Gasteiger partial charge < -0.3 is 25.7 Å². The van der Waals surface area contributed by atoms with Crippen LogP contribution in [0.15, 0.2) is 11.5 Å². The van der Waals surface area contributed by atoms with Crippen LogP contribution < -0.4 is 5.32 Å². The quantitative estimate of drug-likeness (QED) is 0.339. The first kappa shape index (κ1) is 8.82. The van der Waals surface area contributed by atoms with E-state index < -0.39 is 36.2 Å². The van der Waals surface area contributed by atoms with Crippen LogP contribution in [0.4, 0.5) is 0 Å². The van der Waals surface area contributed by atoms with E-state index in [-0.39, 0.29) is 0 Å². The Balaban J connectivity index is 2.80. The number of amides is 1. The molecule has 2 atom stereocenters. The molecule has 68 valence electrons. The summed E-state index contributed by atoms with van der Waals surface area (Å²) >= 11 is 0. The van der Waals surface area contributed by atoms with Gasteiger partial charge in [-0.15, -0.1) is 0 Å². The molecule has 1 heterocycles. The smallest absolute Gasteiger partial charge is 0.290 e. The summed E-state index contributed by atoms with van der Waals surface area (Å²) in [5.74, 6) is -2.31. The lowest BCUT2D eigenvalue weighted by Crippen LogP contribution is -2.41. The molecule has 0 bridgehead atoms. The van der Waals surface area contributed by atoms with Gasteiger partial charge in [0, 0.05) is 0 Å². The van der Waals surface area contributed by atoms with Crippen molar-refractivity contribution in [3.63, 3.8) is 0 Å². The van der Waals surface area contributed by atoms with Crippen LogP contribution in [0.3, 0.4) is 0 Å². The van der Waals surface area contributed by atoms with Crippen molar-refractivity contribution in [1.82, 2.24) is 5.32 Å². The number of carbonyl (C=O) groups excluding carboxylic acids is 1. The molecule has 0 radical (unpaired) electrons. The summed E-state index contributed by atoms with van der Waals surface area (Å²) in [5, 5.41) is 37.4. The largest absolute Gasteiger partial charge is 0.506 e. The molecule has 1 amide bonds. The second-order valence-corrected chi connectivity index (χ2v) is 2.43. The van der Waals surface area contributed by atoms with Crippen molar-refractivity contribution in [1.29, 1.82) is 0 Å². The van der Waals surface area contributed by atoms with Crippen LogP contribution >= 0.6 is 0 Å². The molecule has 0 aliphatic carbocycles. The molecule has 0 saturated carbocycles. The van der Waals surface area contributed by atoms with Crippen molar-refractivity contribution >= 4 is 5.91 Å². The van der Waals surface area contributed by atoms with Crippen molar-refractivity contribution in [2.24, 2.45) is 0 Å². The van der Waals surface area contributed by atoms with E-state index in [1.165, 1.54) is 0 Å². The van der Waals surface area contributed by atoms with Gasteiger partial charge in [0.25, 0.3) is 5.91 Å². The molecular formula is C6H9NO5. The Hall–Kier alpha value is -1.27. The van der Waals surface area contributed by atoms with Gasteiger partial charge in [-0.1, -0.05) is 0 Å². The van der Waals surface area contributed by atoms with Gasteiger partial charge >= 0.3 is 0 Å². The lowest BCUT2D eigenvalue weighted by atomic mass is 10.1. The van der Waals surface area contributed by atoms with Gasteiger partial charge in [0.05, 0.1) is 6.61 Å². The number of rotatable bonds is 2. The van der Waals surface area contributed by atoms with E-state index in [4.69, 9.17) is 20.4 Å². The summed E-state index contributed by atoms with van der Waals surface area (Å²) in [6.07, 6.45) is -1.31. The molecule has 6 heteroatoms. The predicted octanol–water partition coefficient (Wildman–Crippen LogP) is -1.83. The normalized spacial score (nSPS) is 25.8. The van der Waals surface area contributed by atoms with Gasteiger partial charge in [0.15, 0.2) is 5.76 Å². The zero-order valence-corrected chi connectivity index (χ0v) is 6.06. The van der Waals surface area contributed by atoms with Gasteiger partial charge in [-0.25, -0.2) is 0 Å². The first-order chi connectivity index (χ1) is 5.57. The highest BCUT2D eigenvalue weighted by Gasteiger charge is 2.35. The molecular weight excluding hydrogens is 166 g/mol. The number of nitrogens with one attached hydrogen (secondary N) is 1. The Kier molecular flexibility index (Phi) is 2.20. The van der Waals surface area contributed by atoms with Crippen molar-refractivity contribution in [2.75, 3.05) is 6.61 Å². The van der Waals surface area contributed by atoms with Gasteiger partial charge in [0.2, 0.25) is 5.76 Å². The summed E-state index contributed by atoms with van der Waals surface area (Å²) < 4.78 is 0. The first-order valence-electron chi connectivity index (χ1n) is 3.29. The monoisotopic (exact) mass is 175 g/mol. The summed E-state index contributed by atoms with van der Waals surface area (Å²) in [6.45, 7) is -0.609. The van der Waals surface area contributed by atoms with Crippen molar-refractivity contribution in [2.45, 2.75) is 12.1 Å². The van der Waals surface area contributed by atoms with E-state index in [2.05, 4.69) is 5.32 Å². The van der Waals surface area contributed by atoms with Gasteiger partial charge in [-0.3, -0.25) is 4.79 Å². The topological polar surface area (TPSA) is 110 Å². The molecule has 1 rings (SSSR count). The minimum Gasteiger partial charge on any atom is -0.506 e. The molecule has 12 heavy (non-hydrogen) atoms. The molecule has 6 nitrogen and oxygen atoms in total. The zero-order valence-electron chi connectivity index (χ0n) is 6.06. The average Bonchev–Trinajstić information content (AvgIpc) is 2.32. The second kappa shape index (κ2) is 3.00. The summed E-state index contributed by atoms with van der Waals surface area (Å²) in [5.41, 5.74) is 0. The molecule has 0 aromatic carbocycles. The fourth-order valence-corrected chi connectivity index (χ4v) is 0.925. The number of aliphatic hydroxyl groups is 4. The van der Waals surface area contributed by atoms with Crippen LogP contribution in [-0.2, 0) is 4.79 Å². The number of hydrogen-bond donors (Lipinski definition) is 5. The highest BCUT2D eigenvalue weighted by molar-refractivity contribution is 5.94. The van der Waals surface area contributed by atoms with E-state index in [1.807, 2.05) is 0 Å². The van der Waals surface area contributed by atoms with E-state index in [0.29, 0.717) is 0 Å². The fourth-order valence-electron chi connectivity index (χ4n) is 0.925. The van der Waals surface area contributed by atoms with Crippen LogP contribution in [0.2, 0.25) is 0 Å². The molecule has 1 aliphatic rings. The third-order valence-electron chi connectivity index (χ3n) is 1.61. The molecule has 0 aromatic rings. The molecule has 0 aromatic heterocycles. The van der Waals surface area contributed by atoms with Crippen LogP contribution in [0.1, 0.15) is 0 Å². The second-order valence-electron chi connectivity index (χ2n) is 2.43. The predicted molar refractivity (Wildman–Crippen MR) is 37.3 cm³/mol. The molecule has 0 fully saturated rings. The summed E-state index contributed by atoms with van der Waals surface area (Å²) in [6, 6.07) is -1.11. The maximum atomic E-state index is 10.6. The minimum atomic E-state index is -1.31. The van der Waals surface area contributed by atoms with Crippen molar-refractivity contribution < 1.29 is 25.2 Å². The van der Waals surface area contributed by atoms with E-state index in [1.54, 1.807) is 0 Å². The fraction of sp³-hybridized carbons (Fsp3) is 0.500. The maximum absolute atomic E-state index is 10.6. The lowest BCUT2D eigenvalue weighted by molar-refractivity contribution is -0.119. The van der Waals surface area contributed by atoms with E-state index >= 15 is 0 Å². The number of aliphatic hydroxyl groups excluding tert-OH is 4. The third-order valence-corrected chi connectivity index (χ3v) is 1.61. The maximum Gasteiger partial charge on any atom is 0.290 e. The Morgan fingerprint density at radius 3 is 2.42 bits per heavy atom. The average molecular weight is 175 g/mol. The molecule has 0 spiro atoms. The van der Waals surface area contributed by atoms with Crippen LogP contribution in [0.5, 0.6) is 0 Å². The SMILES string of the molecule is O=C1N[C@H]([C@H](O)CO)C(O)=C1O. The Labute approximate surface area is 67.8 Å².